The normalized spacial score (nSPS) is 12.4. The summed E-state index contributed by atoms with van der Waals surface area (Å²) in [7, 11) is 2.32. The Labute approximate surface area is 755 Å². The number of hydrogen-bond acceptors (Lipinski definition) is 27. The second-order valence-electron chi connectivity index (χ2n) is 28.7. The fourth-order valence-corrected chi connectivity index (χ4v) is 13.7. The van der Waals surface area contributed by atoms with Crippen molar-refractivity contribution >= 4 is 73.2 Å². The van der Waals surface area contributed by atoms with Crippen LogP contribution in [-0.4, -0.2) is 138 Å². The lowest BCUT2D eigenvalue weighted by molar-refractivity contribution is -0.275. The number of nitrogens with zero attached hydrogens (tertiary/aromatic N) is 17. The van der Waals surface area contributed by atoms with E-state index in [0.717, 1.165) is 22.3 Å². The van der Waals surface area contributed by atoms with Crippen LogP contribution in [0, 0.1) is 6.92 Å². The van der Waals surface area contributed by atoms with Crippen LogP contribution in [0.3, 0.4) is 0 Å². The predicted molar refractivity (Wildman–Crippen MR) is 454 cm³/mol. The van der Waals surface area contributed by atoms with Gasteiger partial charge in [-0.15, -0.1) is 65.9 Å². The topological polar surface area (TPSA) is 422 Å². The average Bonchev–Trinajstić information content (AvgIpc) is 1.69. The summed E-state index contributed by atoms with van der Waals surface area (Å²) in [6.45, 7) is 2.82. The van der Waals surface area contributed by atoms with Gasteiger partial charge >= 0.3 is 60.6 Å². The van der Waals surface area contributed by atoms with Crippen LogP contribution < -0.4 is 52.5 Å². The lowest BCUT2D eigenvalue weighted by Crippen LogP contribution is -2.17. The van der Waals surface area contributed by atoms with E-state index in [1.54, 1.807) is 116 Å². The molecule has 1 atom stereocenters. The summed E-state index contributed by atoms with van der Waals surface area (Å²) >= 11 is 0. The standard InChI is InChI=1S/2C18H13F3N4O3.C18H12F3N3O3.C17H11F3N4O4.C15H11F3N2O4S.H2O/c2*1-24-9-8-22-15(24)10-25-16-14(27-17(25)26)7-6-13(23-16)11-2-4-12(5-3-11)28-18(19,20)21;19-18(20,21)27-13-3-1-12(2-4-13)14-5-6-15-16(23-14)24(17(25)26-15)10-11-7-8-22-9-11;1-9-21-14(23-28-9)8-24-15-13(26-16(24)25)7-6-12(22-15)10-2-4-11(5-3-10)27-17(18,19)20;1-25(22)8-20-13-12(23-14(20)21)7-6-11(19-13)9-2-4-10(5-3-9)24-15(16,17)18;/h2*2-9H,10H2,1H3;1-7,9H,8,10H2;2-7H,8H2,1H3;2-7H,8H2,1H3;1H2. The van der Waals surface area contributed by atoms with Crippen molar-refractivity contribution < 1.29 is 126 Å². The molecular formula is C86H62F15N17O18S. The molecule has 35 nitrogen and oxygen atoms in total. The number of allylic oxidation sites excluding steroid dienone is 1. The molecule has 2 N–H and O–H groups in total. The minimum atomic E-state index is -4.76. The number of rotatable bonds is 20. The summed E-state index contributed by atoms with van der Waals surface area (Å²) in [6, 6.07) is 42.2. The van der Waals surface area contributed by atoms with Gasteiger partial charge in [-0.05, 0) is 188 Å². The maximum atomic E-state index is 12.3. The van der Waals surface area contributed by atoms with Gasteiger partial charge in [-0.2, -0.15) is 4.98 Å². The van der Waals surface area contributed by atoms with E-state index in [9.17, 15) is 94.0 Å². The molecular weight excluding hydrogens is 1880 g/mol. The highest BCUT2D eigenvalue weighted by atomic mass is 32.2. The number of benzene rings is 5. The van der Waals surface area contributed by atoms with E-state index >= 15 is 0 Å². The molecule has 0 spiro atoms. The van der Waals surface area contributed by atoms with Crippen LogP contribution in [0.4, 0.5) is 65.9 Å². The van der Waals surface area contributed by atoms with Crippen molar-refractivity contribution in [2.45, 2.75) is 70.8 Å². The highest BCUT2D eigenvalue weighted by molar-refractivity contribution is 7.83. The Morgan fingerprint density at radius 3 is 0.854 bits per heavy atom. The Balaban J connectivity index is 0.000000137. The molecule has 14 heterocycles. The first kappa shape index (κ1) is 96.3. The molecule has 0 amide bonds. The van der Waals surface area contributed by atoms with Crippen molar-refractivity contribution in [2.24, 2.45) is 19.1 Å². The molecule has 0 bridgehead atoms. The maximum absolute atomic E-state index is 12.3. The fourth-order valence-electron chi connectivity index (χ4n) is 13.1. The van der Waals surface area contributed by atoms with Gasteiger partial charge in [0.25, 0.3) is 0 Å². The van der Waals surface area contributed by atoms with E-state index in [-0.39, 0.29) is 94.6 Å². The number of fused-ring (bicyclic) bond motifs is 5. The number of pyridine rings is 5. The number of halogens is 15. The van der Waals surface area contributed by atoms with Crippen LogP contribution in [0.1, 0.15) is 23.4 Å². The van der Waals surface area contributed by atoms with Crippen molar-refractivity contribution in [3.8, 4) is 85.0 Å². The summed E-state index contributed by atoms with van der Waals surface area (Å²) in [5.41, 5.74) is 8.82. The van der Waals surface area contributed by atoms with Crippen molar-refractivity contribution in [3.05, 3.63) is 295 Å². The maximum Gasteiger partial charge on any atom is 0.573 e. The van der Waals surface area contributed by atoms with Gasteiger partial charge in [-0.1, -0.05) is 11.2 Å². The Hall–Kier alpha value is -16.8. The average molecular weight is 1940 g/mol. The summed E-state index contributed by atoms with van der Waals surface area (Å²) in [4.78, 5) is 99.0. The molecule has 18 aromatic rings. The molecule has 51 heteroatoms. The number of aryl methyl sites for hydroxylation is 3. The number of alkyl halides is 15. The van der Waals surface area contributed by atoms with Crippen LogP contribution in [0.15, 0.2) is 274 Å². The SMILES string of the molecule is CS(=O)Cn1c(=O)oc2ccc(-c3ccc(OC(F)(F)F)cc3)nc21.Cc1nc(Cn2c(=O)oc3ccc(-c4ccc(OC(F)(F)F)cc4)nc32)no1.Cn1ccnc1Cn1c(=O)oc2ccc(-c3ccc(OC(F)(F)F)cc3)nc21.Cn1ccnc1Cn1c(=O)oc2ccc(-c3ccc(OC(F)(F)F)cc3)nc21.O.O=c1oc2ccc(-c3ccc(OC(F)(F)F)cc3)nc2n1CC1=CCN=C1. The number of ether oxygens (including phenoxy) is 5. The zero-order chi connectivity index (χ0) is 96.9. The molecule has 0 aliphatic carbocycles. The van der Waals surface area contributed by atoms with Crippen LogP contribution in [0.2, 0.25) is 0 Å². The number of aliphatic imine (C=N–C) groups is 1. The zero-order valence-electron chi connectivity index (χ0n) is 70.1. The third-order valence-electron chi connectivity index (χ3n) is 19.2. The molecule has 19 rings (SSSR count). The summed E-state index contributed by atoms with van der Waals surface area (Å²) < 4.78 is 255. The second kappa shape index (κ2) is 39.6. The van der Waals surface area contributed by atoms with E-state index < -0.39 is 71.4 Å². The molecule has 1 aliphatic heterocycles. The molecule has 137 heavy (non-hydrogen) atoms. The third-order valence-corrected chi connectivity index (χ3v) is 19.8. The Morgan fingerprint density at radius 2 is 0.620 bits per heavy atom. The van der Waals surface area contributed by atoms with Gasteiger partial charge in [0, 0.05) is 96.9 Å². The Kier molecular flexibility index (Phi) is 27.8. The summed E-state index contributed by atoms with van der Waals surface area (Å²) in [5, 5.41) is 3.74. The second-order valence-corrected chi connectivity index (χ2v) is 30.1. The fraction of sp³-hybridized carbons (Fsp3) is 0.174. The van der Waals surface area contributed by atoms with E-state index in [2.05, 4.69) is 73.7 Å². The van der Waals surface area contributed by atoms with Crippen LogP contribution >= 0.6 is 0 Å². The first-order chi connectivity index (χ1) is 64.5. The number of imidazole rings is 2. The molecule has 13 aromatic heterocycles. The quantitative estimate of drug-likeness (QED) is 0.0639. The molecule has 0 radical (unpaired) electrons. The zero-order valence-corrected chi connectivity index (χ0v) is 71.0. The van der Waals surface area contributed by atoms with Gasteiger partial charge in [0.15, 0.2) is 62.0 Å². The molecule has 1 unspecified atom stereocenters. The van der Waals surface area contributed by atoms with Crippen molar-refractivity contribution in [2.75, 3.05) is 12.8 Å². The largest absolute Gasteiger partial charge is 0.573 e. The minimum Gasteiger partial charge on any atom is -0.412 e. The predicted octanol–water partition coefficient (Wildman–Crippen LogP) is 15.6. The molecule has 710 valence electrons. The summed E-state index contributed by atoms with van der Waals surface area (Å²) in [6.07, 6.45) is -12.0. The smallest absolute Gasteiger partial charge is 0.412 e. The van der Waals surface area contributed by atoms with Crippen LogP contribution in [0.5, 0.6) is 28.7 Å². The van der Waals surface area contributed by atoms with E-state index in [1.165, 1.54) is 140 Å². The number of aromatic nitrogens is 16. The highest BCUT2D eigenvalue weighted by Crippen LogP contribution is 2.35. The Morgan fingerprint density at radius 1 is 0.358 bits per heavy atom. The van der Waals surface area contributed by atoms with Crippen molar-refractivity contribution in [1.29, 1.82) is 0 Å². The molecule has 0 saturated heterocycles. The third kappa shape index (κ3) is 24.4. The highest BCUT2D eigenvalue weighted by Gasteiger charge is 2.35. The van der Waals surface area contributed by atoms with Crippen molar-refractivity contribution in [1.82, 2.24) is 77.0 Å². The Bertz CT molecular complexity index is 7600. The van der Waals surface area contributed by atoms with Crippen LogP contribution in [-0.2, 0) is 57.0 Å². The molecule has 5 aromatic carbocycles. The molecule has 0 saturated carbocycles. The van der Waals surface area contributed by atoms with Crippen LogP contribution in [0.25, 0.3) is 112 Å². The van der Waals surface area contributed by atoms with Gasteiger partial charge in [-0.25, -0.2) is 63.4 Å². The first-order valence-electron chi connectivity index (χ1n) is 39.0. The monoisotopic (exact) mass is 1940 g/mol. The molecule has 0 fully saturated rings. The van der Waals surface area contributed by atoms with Gasteiger partial charge in [-0.3, -0.25) is 27.5 Å². The van der Waals surface area contributed by atoms with Gasteiger partial charge in [0.2, 0.25) is 5.89 Å². The minimum absolute atomic E-state index is 0. The lowest BCUT2D eigenvalue weighted by atomic mass is 10.1. The number of oxazole rings is 5. The van der Waals surface area contributed by atoms with Crippen molar-refractivity contribution in [3.63, 3.8) is 0 Å². The van der Waals surface area contributed by atoms with Gasteiger partial charge < -0.3 is 64.9 Å². The van der Waals surface area contributed by atoms with E-state index in [0.29, 0.717) is 114 Å². The molecule has 1 aliphatic rings. The number of hydrogen-bond donors (Lipinski definition) is 0. The first-order valence-corrected chi connectivity index (χ1v) is 40.8. The lowest BCUT2D eigenvalue weighted by Gasteiger charge is -2.09. The van der Waals surface area contributed by atoms with E-state index in [4.69, 9.17) is 26.6 Å². The van der Waals surface area contributed by atoms with E-state index in [1.807, 2.05) is 6.08 Å². The van der Waals surface area contributed by atoms with Gasteiger partial charge in [0.1, 0.15) is 46.3 Å². The van der Waals surface area contributed by atoms with Gasteiger partial charge in [0.05, 0.1) is 61.2 Å². The summed E-state index contributed by atoms with van der Waals surface area (Å²) in [5.74, 6) is -2.81.